The Bertz CT molecular complexity index is 1190. The molecule has 0 aliphatic carbocycles. The number of hydrogen-bond acceptors (Lipinski definition) is 6. The minimum absolute atomic E-state index is 0.127. The lowest BCUT2D eigenvalue weighted by molar-refractivity contribution is 0.312. The highest BCUT2D eigenvalue weighted by Crippen LogP contribution is 2.26. The van der Waals surface area contributed by atoms with E-state index in [-0.39, 0.29) is 22.1 Å². The number of benzene rings is 2. The molecule has 0 N–H and O–H groups in total. The van der Waals surface area contributed by atoms with E-state index in [0.717, 1.165) is 16.7 Å². The number of hydrogen-bond donors (Lipinski definition) is 0. The summed E-state index contributed by atoms with van der Waals surface area (Å²) in [7, 11) is -2.16. The van der Waals surface area contributed by atoms with Crippen LogP contribution in [0, 0.1) is 6.92 Å². The Morgan fingerprint density at radius 1 is 1.06 bits per heavy atom. The quantitative estimate of drug-likeness (QED) is 0.258. The van der Waals surface area contributed by atoms with Gasteiger partial charge in [0.15, 0.2) is 0 Å². The van der Waals surface area contributed by atoms with E-state index in [1.165, 1.54) is 16.4 Å². The number of rotatable bonds is 9. The Morgan fingerprint density at radius 2 is 1.71 bits per heavy atom. The smallest absolute Gasteiger partial charge is 0.266 e. The van der Waals surface area contributed by atoms with Gasteiger partial charge in [0.2, 0.25) is 0 Å². The van der Waals surface area contributed by atoms with E-state index in [9.17, 15) is 13.2 Å². The van der Waals surface area contributed by atoms with Gasteiger partial charge in [-0.2, -0.15) is 13.5 Å². The zero-order valence-electron chi connectivity index (χ0n) is 17.2. The van der Waals surface area contributed by atoms with E-state index in [1.807, 2.05) is 31.2 Å². The van der Waals surface area contributed by atoms with Gasteiger partial charge >= 0.3 is 0 Å². The largest absolute Gasteiger partial charge is 0.296 e. The summed E-state index contributed by atoms with van der Waals surface area (Å²) in [6.07, 6.45) is 2.89. The predicted octanol–water partition coefficient (Wildman–Crippen LogP) is 4.37. The van der Waals surface area contributed by atoms with E-state index in [1.54, 1.807) is 37.5 Å². The van der Waals surface area contributed by atoms with Crippen molar-refractivity contribution in [1.29, 1.82) is 0 Å². The van der Waals surface area contributed by atoms with Gasteiger partial charge in [0.05, 0.1) is 22.6 Å². The molecule has 164 valence electrons. The van der Waals surface area contributed by atoms with Gasteiger partial charge in [-0.1, -0.05) is 53.6 Å². The second-order valence-electron chi connectivity index (χ2n) is 7.05. The maximum absolute atomic E-state index is 12.2. The van der Waals surface area contributed by atoms with Crippen LogP contribution in [0.3, 0.4) is 0 Å². The fraction of sp³-hybridized carbons (Fsp3) is 0.273. The van der Waals surface area contributed by atoms with E-state index in [2.05, 4.69) is 5.10 Å². The van der Waals surface area contributed by atoms with Crippen molar-refractivity contribution in [1.82, 2.24) is 9.78 Å². The number of halogens is 1. The van der Waals surface area contributed by atoms with Gasteiger partial charge in [-0.3, -0.25) is 8.98 Å². The molecule has 1 aromatic heterocycles. The van der Waals surface area contributed by atoms with Gasteiger partial charge in [-0.25, -0.2) is 4.68 Å². The van der Waals surface area contributed by atoms with Gasteiger partial charge in [-0.05, 0) is 43.0 Å². The highest BCUT2D eigenvalue weighted by atomic mass is 35.5. The normalized spacial score (nSPS) is 11.6. The second-order valence-corrected chi connectivity index (χ2v) is 10.1. The highest BCUT2D eigenvalue weighted by Gasteiger charge is 2.14. The lowest BCUT2D eigenvalue weighted by Gasteiger charge is -2.07. The van der Waals surface area contributed by atoms with Crippen LogP contribution < -0.4 is 5.56 Å². The van der Waals surface area contributed by atoms with E-state index < -0.39 is 10.1 Å². The van der Waals surface area contributed by atoms with Crippen molar-refractivity contribution in [2.75, 3.05) is 6.61 Å². The third kappa shape index (κ3) is 6.43. The van der Waals surface area contributed by atoms with Crippen molar-refractivity contribution in [3.63, 3.8) is 0 Å². The molecular formula is C22H23ClN2O4S2. The monoisotopic (exact) mass is 478 g/mol. The summed E-state index contributed by atoms with van der Waals surface area (Å²) >= 11 is 7.55. The van der Waals surface area contributed by atoms with Crippen molar-refractivity contribution in [2.45, 2.75) is 35.3 Å². The molecule has 1 heterocycles. The summed E-state index contributed by atoms with van der Waals surface area (Å²) in [6.45, 7) is 2.03. The number of thioether (sulfide) groups is 1. The molecule has 0 unspecified atom stereocenters. The minimum atomic E-state index is -3.72. The van der Waals surface area contributed by atoms with Crippen LogP contribution in [0.5, 0.6) is 0 Å². The van der Waals surface area contributed by atoms with E-state index >= 15 is 0 Å². The Kier molecular flexibility index (Phi) is 7.94. The Balaban J connectivity index is 1.47. The summed E-state index contributed by atoms with van der Waals surface area (Å²) in [5.41, 5.74) is 2.87. The van der Waals surface area contributed by atoms with Crippen molar-refractivity contribution in [3.05, 3.63) is 86.8 Å². The van der Waals surface area contributed by atoms with Crippen LogP contribution in [0.25, 0.3) is 0 Å². The Morgan fingerprint density at radius 3 is 2.39 bits per heavy atom. The van der Waals surface area contributed by atoms with Gasteiger partial charge in [0.1, 0.15) is 5.02 Å². The van der Waals surface area contributed by atoms with E-state index in [0.29, 0.717) is 23.5 Å². The summed E-state index contributed by atoms with van der Waals surface area (Å²) in [5, 5.41) is 4.17. The van der Waals surface area contributed by atoms with Gasteiger partial charge < -0.3 is 0 Å². The molecule has 0 bridgehead atoms. The molecule has 0 atom stereocenters. The fourth-order valence-corrected chi connectivity index (χ4v) is 4.91. The summed E-state index contributed by atoms with van der Waals surface area (Å²) < 4.78 is 30.7. The maximum atomic E-state index is 12.2. The predicted molar refractivity (Wildman–Crippen MR) is 123 cm³/mol. The first-order valence-electron chi connectivity index (χ1n) is 9.65. The SMILES string of the molecule is Cc1ccc(S(=O)(=O)OCCCc2ccc(CSc3cnn(C)c(=O)c3Cl)cc2)cc1. The summed E-state index contributed by atoms with van der Waals surface area (Å²) in [6, 6.07) is 14.6. The maximum Gasteiger partial charge on any atom is 0.296 e. The average Bonchev–Trinajstić information content (AvgIpc) is 2.76. The Hall–Kier alpha value is -2.13. The number of aromatic nitrogens is 2. The van der Waals surface area contributed by atoms with Crippen LogP contribution in [0.1, 0.15) is 23.1 Å². The standard InChI is InChI=1S/C22H23ClN2O4S2/c1-16-5-11-19(12-6-16)31(27,28)29-13-3-4-17-7-9-18(10-8-17)15-30-20-14-24-25(2)22(26)21(20)23/h5-12,14H,3-4,13,15H2,1-2H3. The molecule has 0 spiro atoms. The molecule has 0 saturated carbocycles. The molecule has 9 heteroatoms. The first-order valence-corrected chi connectivity index (χ1v) is 12.4. The van der Waals surface area contributed by atoms with E-state index in [4.69, 9.17) is 15.8 Å². The van der Waals surface area contributed by atoms with Crippen molar-refractivity contribution < 1.29 is 12.6 Å². The van der Waals surface area contributed by atoms with Gasteiger partial charge in [0, 0.05) is 12.8 Å². The van der Waals surface area contributed by atoms with Crippen LogP contribution >= 0.6 is 23.4 Å². The molecule has 6 nitrogen and oxygen atoms in total. The average molecular weight is 479 g/mol. The molecule has 0 fully saturated rings. The van der Waals surface area contributed by atoms with Crippen molar-refractivity contribution in [3.8, 4) is 0 Å². The molecule has 3 rings (SSSR count). The zero-order chi connectivity index (χ0) is 22.4. The molecule has 0 amide bonds. The van der Waals surface area contributed by atoms with Gasteiger partial charge in [-0.15, -0.1) is 11.8 Å². The topological polar surface area (TPSA) is 78.3 Å². The number of nitrogens with zero attached hydrogens (tertiary/aromatic N) is 2. The fourth-order valence-electron chi connectivity index (χ4n) is 2.78. The summed E-state index contributed by atoms with van der Waals surface area (Å²) in [5.74, 6) is 0.659. The van der Waals surface area contributed by atoms with Crippen molar-refractivity contribution in [2.24, 2.45) is 7.05 Å². The molecule has 31 heavy (non-hydrogen) atoms. The lowest BCUT2D eigenvalue weighted by Crippen LogP contribution is -2.19. The van der Waals surface area contributed by atoms with Crippen LogP contribution in [0.2, 0.25) is 5.02 Å². The Labute approximate surface area is 191 Å². The van der Waals surface area contributed by atoms with Crippen LogP contribution in [-0.4, -0.2) is 24.8 Å². The first kappa shape index (κ1) is 23.5. The third-order valence-electron chi connectivity index (χ3n) is 4.62. The summed E-state index contributed by atoms with van der Waals surface area (Å²) in [4.78, 5) is 12.7. The van der Waals surface area contributed by atoms with Crippen LogP contribution in [0.15, 0.2) is 69.3 Å². The molecular weight excluding hydrogens is 456 g/mol. The van der Waals surface area contributed by atoms with Crippen molar-refractivity contribution >= 4 is 33.5 Å². The third-order valence-corrected chi connectivity index (χ3v) is 7.52. The zero-order valence-corrected chi connectivity index (χ0v) is 19.6. The molecule has 2 aromatic carbocycles. The molecule has 3 aromatic rings. The lowest BCUT2D eigenvalue weighted by atomic mass is 10.1. The molecule has 0 aliphatic rings. The van der Waals surface area contributed by atoms with Crippen LogP contribution in [-0.2, 0) is 33.5 Å². The van der Waals surface area contributed by atoms with Gasteiger partial charge in [0.25, 0.3) is 15.7 Å². The highest BCUT2D eigenvalue weighted by molar-refractivity contribution is 7.98. The second kappa shape index (κ2) is 10.5. The molecule has 0 radical (unpaired) electrons. The van der Waals surface area contributed by atoms with Crippen LogP contribution in [0.4, 0.5) is 0 Å². The first-order chi connectivity index (χ1) is 14.8. The molecule has 0 aliphatic heterocycles. The number of aryl methyl sites for hydroxylation is 3. The molecule has 0 saturated heterocycles. The minimum Gasteiger partial charge on any atom is -0.266 e.